The van der Waals surface area contributed by atoms with Gasteiger partial charge in [-0.15, -0.1) is 11.8 Å². The Bertz CT molecular complexity index is 1850. The first-order valence-corrected chi connectivity index (χ1v) is 16.2. The van der Waals surface area contributed by atoms with E-state index in [1.807, 2.05) is 66.4 Å². The zero-order valence-electron chi connectivity index (χ0n) is 25.1. The number of likely N-dealkylation sites (N-methyl/N-ethyl adjacent to an activating group) is 1. The topological polar surface area (TPSA) is 59.1 Å². The Labute approximate surface area is 261 Å². The monoisotopic (exact) mass is 602 g/mol. The van der Waals surface area contributed by atoms with Crippen LogP contribution in [0.5, 0.6) is 11.5 Å². The van der Waals surface area contributed by atoms with E-state index in [0.29, 0.717) is 19.0 Å². The van der Waals surface area contributed by atoms with Gasteiger partial charge in [-0.25, -0.2) is 0 Å². The Morgan fingerprint density at radius 1 is 0.864 bits per heavy atom. The molecule has 0 aromatic heterocycles. The third-order valence-corrected chi connectivity index (χ3v) is 11.4. The fourth-order valence-electron chi connectivity index (χ4n) is 8.82. The molecule has 4 atom stereocenters. The van der Waals surface area contributed by atoms with Crippen LogP contribution >= 0.6 is 11.8 Å². The quantitative estimate of drug-likeness (QED) is 0.266. The number of likely N-dealkylation sites (tertiary alicyclic amines) is 1. The molecule has 44 heavy (non-hydrogen) atoms. The lowest BCUT2D eigenvalue weighted by Gasteiger charge is -2.51. The van der Waals surface area contributed by atoms with Crippen molar-refractivity contribution < 1.29 is 19.1 Å². The molecule has 4 aliphatic rings. The fraction of sp³-hybridized carbons (Fsp3) is 0.297. The van der Waals surface area contributed by atoms with Crippen LogP contribution in [0.1, 0.15) is 33.0 Å². The lowest BCUT2D eigenvalue weighted by atomic mass is 9.55. The van der Waals surface area contributed by atoms with E-state index >= 15 is 9.59 Å². The van der Waals surface area contributed by atoms with Gasteiger partial charge in [0.25, 0.3) is 0 Å². The van der Waals surface area contributed by atoms with Gasteiger partial charge in [0.15, 0.2) is 11.6 Å². The zero-order chi connectivity index (χ0) is 30.2. The van der Waals surface area contributed by atoms with Crippen molar-refractivity contribution in [1.29, 1.82) is 0 Å². The minimum absolute atomic E-state index is 0.0135. The van der Waals surface area contributed by atoms with Gasteiger partial charge in [-0.05, 0) is 64.9 Å². The van der Waals surface area contributed by atoms with Crippen LogP contribution in [0.2, 0.25) is 0 Å². The molecule has 3 fully saturated rings. The second kappa shape index (κ2) is 10.1. The van der Waals surface area contributed by atoms with E-state index in [2.05, 4.69) is 53.2 Å². The van der Waals surface area contributed by atoms with E-state index in [4.69, 9.17) is 9.47 Å². The molecule has 7 heteroatoms. The number of thioether (sulfide) groups is 1. The molecule has 0 saturated carbocycles. The van der Waals surface area contributed by atoms with Crippen LogP contribution in [0.3, 0.4) is 0 Å². The number of ether oxygens (including phenoxy) is 2. The summed E-state index contributed by atoms with van der Waals surface area (Å²) >= 11 is 1.86. The lowest BCUT2D eigenvalue weighted by molar-refractivity contribution is -0.134. The van der Waals surface area contributed by atoms with Crippen molar-refractivity contribution >= 4 is 40.2 Å². The maximum Gasteiger partial charge on any atom is 0.189 e. The van der Waals surface area contributed by atoms with E-state index in [-0.39, 0.29) is 23.5 Å². The highest BCUT2D eigenvalue weighted by atomic mass is 32.2. The highest BCUT2D eigenvalue weighted by molar-refractivity contribution is 7.99. The molecular formula is C37H34N2O4S. The summed E-state index contributed by atoms with van der Waals surface area (Å²) in [5.74, 6) is 3.02. The molecule has 4 aromatic carbocycles. The number of fused-ring (bicyclic) bond motifs is 4. The number of benzene rings is 4. The molecule has 0 radical (unpaired) electrons. The predicted octanol–water partition coefficient (Wildman–Crippen LogP) is 6.01. The maximum absolute atomic E-state index is 15.6. The Kier molecular flexibility index (Phi) is 6.32. The van der Waals surface area contributed by atoms with Crippen LogP contribution in [0, 0.1) is 5.41 Å². The van der Waals surface area contributed by atoms with E-state index in [1.54, 1.807) is 14.2 Å². The number of nitrogens with zero attached hydrogens (tertiary/aromatic N) is 2. The minimum atomic E-state index is -1.13. The Morgan fingerprint density at radius 2 is 1.55 bits per heavy atom. The van der Waals surface area contributed by atoms with Gasteiger partial charge in [0.05, 0.1) is 19.6 Å². The molecule has 4 aromatic rings. The molecule has 0 bridgehead atoms. The normalized spacial score (nSPS) is 28.9. The van der Waals surface area contributed by atoms with E-state index in [1.165, 1.54) is 0 Å². The second-order valence-electron chi connectivity index (χ2n) is 12.5. The first-order valence-electron chi connectivity index (χ1n) is 15.1. The number of rotatable bonds is 4. The van der Waals surface area contributed by atoms with E-state index < -0.39 is 11.0 Å². The van der Waals surface area contributed by atoms with Gasteiger partial charge in [-0.3, -0.25) is 14.5 Å². The molecule has 222 valence electrons. The number of ketones is 2. The number of hydrogen-bond acceptors (Lipinski definition) is 7. The Morgan fingerprint density at radius 3 is 2.25 bits per heavy atom. The number of carbonyl (C=O) groups excluding carboxylic acids is 2. The van der Waals surface area contributed by atoms with Crippen molar-refractivity contribution in [1.82, 2.24) is 9.80 Å². The number of hydrogen-bond donors (Lipinski definition) is 0. The highest BCUT2D eigenvalue weighted by Crippen LogP contribution is 2.69. The summed E-state index contributed by atoms with van der Waals surface area (Å²) in [6, 6.07) is 28.3. The van der Waals surface area contributed by atoms with Gasteiger partial charge in [-0.2, -0.15) is 0 Å². The van der Waals surface area contributed by atoms with Crippen LogP contribution in [-0.2, 0) is 10.3 Å². The maximum atomic E-state index is 15.6. The SMILES string of the molecule is COc1ccc(/C=C2\CN(C)CC3(C2=O)[C@@H](c2ccc(OC)cc2)[C@@H]2CSCN2[C@@]32C(=O)c3cccc4cccc2c34)cc1. The third-order valence-electron chi connectivity index (χ3n) is 10.4. The molecule has 3 saturated heterocycles. The van der Waals surface area contributed by atoms with Crippen molar-refractivity contribution in [2.45, 2.75) is 17.5 Å². The van der Waals surface area contributed by atoms with Crippen LogP contribution in [0.15, 0.2) is 90.5 Å². The summed E-state index contributed by atoms with van der Waals surface area (Å²) in [4.78, 5) is 35.6. The van der Waals surface area contributed by atoms with Crippen molar-refractivity contribution in [2.24, 2.45) is 5.41 Å². The van der Waals surface area contributed by atoms with Crippen molar-refractivity contribution in [2.75, 3.05) is 46.0 Å². The fourth-order valence-corrected chi connectivity index (χ4v) is 10.1. The first kappa shape index (κ1) is 27.6. The zero-order valence-corrected chi connectivity index (χ0v) is 25.9. The summed E-state index contributed by atoms with van der Waals surface area (Å²) in [6.07, 6.45) is 2.02. The van der Waals surface area contributed by atoms with Gasteiger partial charge >= 0.3 is 0 Å². The van der Waals surface area contributed by atoms with Crippen molar-refractivity contribution in [3.05, 3.63) is 113 Å². The molecular weight excluding hydrogens is 568 g/mol. The molecule has 3 heterocycles. The Balaban J connectivity index is 1.42. The molecule has 0 N–H and O–H groups in total. The van der Waals surface area contributed by atoms with Crippen LogP contribution < -0.4 is 9.47 Å². The largest absolute Gasteiger partial charge is 0.497 e. The highest BCUT2D eigenvalue weighted by Gasteiger charge is 2.78. The molecule has 0 amide bonds. The summed E-state index contributed by atoms with van der Waals surface area (Å²) < 4.78 is 10.9. The average Bonchev–Trinajstić information content (AvgIpc) is 3.69. The number of methoxy groups -OCH3 is 2. The Hall–Kier alpha value is -3.91. The van der Waals surface area contributed by atoms with Crippen LogP contribution in [0.25, 0.3) is 16.8 Å². The van der Waals surface area contributed by atoms with Crippen LogP contribution in [-0.4, -0.2) is 73.4 Å². The van der Waals surface area contributed by atoms with Gasteiger partial charge in [0, 0.05) is 47.8 Å². The van der Waals surface area contributed by atoms with E-state index in [0.717, 1.165) is 55.9 Å². The molecule has 8 rings (SSSR count). The van der Waals surface area contributed by atoms with Crippen molar-refractivity contribution in [3.63, 3.8) is 0 Å². The van der Waals surface area contributed by atoms with Gasteiger partial charge in [0.1, 0.15) is 17.0 Å². The predicted molar refractivity (Wildman–Crippen MR) is 175 cm³/mol. The molecule has 3 aliphatic heterocycles. The summed E-state index contributed by atoms with van der Waals surface area (Å²) in [7, 11) is 5.40. The lowest BCUT2D eigenvalue weighted by Crippen LogP contribution is -2.65. The minimum Gasteiger partial charge on any atom is -0.497 e. The summed E-state index contributed by atoms with van der Waals surface area (Å²) in [6.45, 7) is 0.999. The van der Waals surface area contributed by atoms with Crippen molar-refractivity contribution in [3.8, 4) is 11.5 Å². The van der Waals surface area contributed by atoms with E-state index in [9.17, 15) is 0 Å². The standard InChI is InChI=1S/C37H34N2O4S/c1-38-19-26(18-23-10-14-27(42-2)15-11-23)34(40)36(21-38)33(25-12-16-28(43-3)17-13-25)31-20-44-22-39(31)37(36)30-9-5-7-24-6-4-8-29(32(24)30)35(37)41/h4-18,31,33H,19-22H2,1-3H3/b26-18+/t31-,33-,36?,37-/m0/s1. The molecule has 2 spiro atoms. The number of carbonyl (C=O) groups is 2. The molecule has 1 unspecified atom stereocenters. The number of Topliss-reactive ketones (excluding diaryl/α,β-unsaturated/α-hetero) is 2. The summed E-state index contributed by atoms with van der Waals surface area (Å²) in [5.41, 5.74) is 2.27. The third kappa shape index (κ3) is 3.52. The van der Waals surface area contributed by atoms with Gasteiger partial charge < -0.3 is 14.4 Å². The van der Waals surface area contributed by atoms with Gasteiger partial charge in [-0.1, -0.05) is 60.7 Å². The van der Waals surface area contributed by atoms with Gasteiger partial charge in [0.2, 0.25) is 0 Å². The molecule has 6 nitrogen and oxygen atoms in total. The average molecular weight is 603 g/mol. The number of piperidine rings is 1. The van der Waals surface area contributed by atoms with Crippen LogP contribution in [0.4, 0.5) is 0 Å². The molecule has 1 aliphatic carbocycles. The summed E-state index contributed by atoms with van der Waals surface area (Å²) in [5, 5.41) is 2.04. The smallest absolute Gasteiger partial charge is 0.189 e. The first-order chi connectivity index (χ1) is 21.4. The second-order valence-corrected chi connectivity index (χ2v) is 13.5.